The lowest BCUT2D eigenvalue weighted by Crippen LogP contribution is -2.11. The second-order valence-corrected chi connectivity index (χ2v) is 5.56. The van der Waals surface area contributed by atoms with E-state index >= 15 is 0 Å². The highest BCUT2D eigenvalue weighted by molar-refractivity contribution is 5.44. The summed E-state index contributed by atoms with van der Waals surface area (Å²) in [4.78, 5) is 0. The predicted octanol–water partition coefficient (Wildman–Crippen LogP) is 4.05. The molecule has 2 aromatic carbocycles. The van der Waals surface area contributed by atoms with Gasteiger partial charge >= 0.3 is 0 Å². The highest BCUT2D eigenvalue weighted by Gasteiger charge is 2.30. The van der Waals surface area contributed by atoms with Crippen LogP contribution in [0, 0.1) is 5.82 Å². The van der Waals surface area contributed by atoms with E-state index in [-0.39, 0.29) is 5.82 Å². The molecule has 0 unspecified atom stereocenters. The van der Waals surface area contributed by atoms with Crippen LogP contribution in [0.1, 0.15) is 41.4 Å². The molecule has 0 aromatic heterocycles. The molecule has 0 aliphatic heterocycles. The van der Waals surface area contributed by atoms with Crippen LogP contribution in [0.5, 0.6) is 0 Å². The highest BCUT2D eigenvalue weighted by Crippen LogP contribution is 2.46. The fourth-order valence-corrected chi connectivity index (χ4v) is 3.34. The normalized spacial score (nSPS) is 20.9. The topological polar surface area (TPSA) is 12.0 Å². The second-order valence-electron chi connectivity index (χ2n) is 5.56. The zero-order chi connectivity index (χ0) is 13.9. The molecule has 104 valence electrons. The number of nitrogens with one attached hydrogen (secondary N) is 1. The lowest BCUT2D eigenvalue weighted by Gasteiger charge is -2.13. The molecule has 1 aliphatic rings. The molecule has 0 heterocycles. The highest BCUT2D eigenvalue weighted by atomic mass is 19.1. The van der Waals surface area contributed by atoms with Crippen molar-refractivity contribution in [2.45, 2.75) is 24.7 Å². The van der Waals surface area contributed by atoms with E-state index < -0.39 is 0 Å². The molecular formula is C18H20FN. The molecule has 20 heavy (non-hydrogen) atoms. The Hall–Kier alpha value is -1.67. The molecule has 1 N–H and O–H groups in total. The maximum Gasteiger partial charge on any atom is 0.123 e. The molecule has 0 saturated carbocycles. The molecule has 0 amide bonds. The SMILES string of the molecule is CNCC[C@@H]1C[C@@H](c2ccc(F)cc2)c2ccccc21. The third-order valence-electron chi connectivity index (χ3n) is 4.35. The van der Waals surface area contributed by atoms with E-state index in [2.05, 4.69) is 29.6 Å². The van der Waals surface area contributed by atoms with Crippen LogP contribution < -0.4 is 5.32 Å². The Labute approximate surface area is 119 Å². The molecule has 2 atom stereocenters. The average molecular weight is 269 g/mol. The first-order valence-corrected chi connectivity index (χ1v) is 7.28. The molecule has 1 aliphatic carbocycles. The molecule has 2 aromatic rings. The van der Waals surface area contributed by atoms with Crippen LogP contribution in [-0.4, -0.2) is 13.6 Å². The molecular weight excluding hydrogens is 249 g/mol. The smallest absolute Gasteiger partial charge is 0.123 e. The number of hydrogen-bond acceptors (Lipinski definition) is 1. The summed E-state index contributed by atoms with van der Waals surface area (Å²) in [6.45, 7) is 1.04. The quantitative estimate of drug-likeness (QED) is 0.882. The van der Waals surface area contributed by atoms with Gasteiger partial charge in [0.05, 0.1) is 0 Å². The summed E-state index contributed by atoms with van der Waals surface area (Å²) in [5.41, 5.74) is 4.11. The Bertz CT molecular complexity index is 576. The first-order chi connectivity index (χ1) is 9.79. The first-order valence-electron chi connectivity index (χ1n) is 7.28. The summed E-state index contributed by atoms with van der Waals surface area (Å²) in [5, 5.41) is 3.24. The standard InChI is InChI=1S/C18H20FN/c1-20-11-10-14-12-18(13-6-8-15(19)9-7-13)17-5-3-2-4-16(14)17/h2-9,14,18,20H,10-12H2,1H3/t14-,18+/m1/s1. The van der Waals surface area contributed by atoms with Gasteiger partial charge in [-0.1, -0.05) is 36.4 Å². The molecule has 0 bridgehead atoms. The maximum absolute atomic E-state index is 13.1. The van der Waals surface area contributed by atoms with Gasteiger partial charge in [-0.3, -0.25) is 0 Å². The third-order valence-corrected chi connectivity index (χ3v) is 4.35. The largest absolute Gasteiger partial charge is 0.320 e. The van der Waals surface area contributed by atoms with Gasteiger partial charge in [-0.15, -0.1) is 0 Å². The third kappa shape index (κ3) is 2.48. The monoisotopic (exact) mass is 269 g/mol. The maximum atomic E-state index is 13.1. The minimum atomic E-state index is -0.160. The summed E-state index contributed by atoms with van der Waals surface area (Å²) in [7, 11) is 2.00. The minimum Gasteiger partial charge on any atom is -0.320 e. The minimum absolute atomic E-state index is 0.160. The van der Waals surface area contributed by atoms with E-state index in [9.17, 15) is 4.39 Å². The molecule has 0 fully saturated rings. The van der Waals surface area contributed by atoms with Crippen molar-refractivity contribution in [1.29, 1.82) is 0 Å². The van der Waals surface area contributed by atoms with Crippen molar-refractivity contribution in [3.63, 3.8) is 0 Å². The Kier molecular flexibility index (Phi) is 3.83. The predicted molar refractivity (Wildman–Crippen MR) is 80.6 cm³/mol. The number of halogens is 1. The van der Waals surface area contributed by atoms with Crippen molar-refractivity contribution in [3.05, 3.63) is 71.0 Å². The zero-order valence-corrected chi connectivity index (χ0v) is 11.8. The summed E-state index contributed by atoms with van der Waals surface area (Å²) in [6, 6.07) is 15.7. The molecule has 3 rings (SSSR count). The van der Waals surface area contributed by atoms with Crippen LogP contribution in [0.15, 0.2) is 48.5 Å². The van der Waals surface area contributed by atoms with Crippen LogP contribution in [0.3, 0.4) is 0 Å². The van der Waals surface area contributed by atoms with Gasteiger partial charge in [0.2, 0.25) is 0 Å². The van der Waals surface area contributed by atoms with Gasteiger partial charge in [-0.05, 0) is 61.2 Å². The summed E-state index contributed by atoms with van der Waals surface area (Å²) in [6.07, 6.45) is 2.29. The average Bonchev–Trinajstić information content (AvgIpc) is 2.85. The number of benzene rings is 2. The lowest BCUT2D eigenvalue weighted by molar-refractivity contribution is 0.569. The fourth-order valence-electron chi connectivity index (χ4n) is 3.34. The molecule has 1 nitrogen and oxygen atoms in total. The van der Waals surface area contributed by atoms with Gasteiger partial charge < -0.3 is 5.32 Å². The first kappa shape index (κ1) is 13.3. The van der Waals surface area contributed by atoms with Crippen molar-refractivity contribution in [3.8, 4) is 0 Å². The van der Waals surface area contributed by atoms with E-state index in [0.717, 1.165) is 19.4 Å². The molecule has 0 spiro atoms. The molecule has 0 radical (unpaired) electrons. The Balaban J connectivity index is 1.92. The van der Waals surface area contributed by atoms with Crippen LogP contribution >= 0.6 is 0 Å². The number of hydrogen-bond donors (Lipinski definition) is 1. The van der Waals surface area contributed by atoms with Gasteiger partial charge in [-0.2, -0.15) is 0 Å². The number of rotatable bonds is 4. The van der Waals surface area contributed by atoms with E-state index in [1.54, 1.807) is 12.1 Å². The van der Waals surface area contributed by atoms with Gasteiger partial charge in [0.25, 0.3) is 0 Å². The van der Waals surface area contributed by atoms with E-state index in [1.165, 1.54) is 16.7 Å². The Morgan fingerprint density at radius 2 is 1.75 bits per heavy atom. The lowest BCUT2D eigenvalue weighted by atomic mass is 9.92. The fraction of sp³-hybridized carbons (Fsp3) is 0.333. The molecule has 0 saturated heterocycles. The van der Waals surface area contributed by atoms with Gasteiger partial charge in [-0.25, -0.2) is 4.39 Å². The molecule has 2 heteroatoms. The Morgan fingerprint density at radius 1 is 1.05 bits per heavy atom. The van der Waals surface area contributed by atoms with Crippen LogP contribution in [0.4, 0.5) is 4.39 Å². The van der Waals surface area contributed by atoms with Crippen LogP contribution in [0.2, 0.25) is 0 Å². The van der Waals surface area contributed by atoms with Crippen molar-refractivity contribution < 1.29 is 4.39 Å². The van der Waals surface area contributed by atoms with Gasteiger partial charge in [0.15, 0.2) is 0 Å². The van der Waals surface area contributed by atoms with E-state index in [0.29, 0.717) is 11.8 Å². The van der Waals surface area contributed by atoms with E-state index in [4.69, 9.17) is 0 Å². The van der Waals surface area contributed by atoms with Gasteiger partial charge in [0, 0.05) is 5.92 Å². The van der Waals surface area contributed by atoms with E-state index in [1.807, 2.05) is 19.2 Å². The summed E-state index contributed by atoms with van der Waals surface area (Å²) in [5.74, 6) is 0.856. The summed E-state index contributed by atoms with van der Waals surface area (Å²) >= 11 is 0. The van der Waals surface area contributed by atoms with Gasteiger partial charge in [0.1, 0.15) is 5.82 Å². The zero-order valence-electron chi connectivity index (χ0n) is 11.8. The summed E-state index contributed by atoms with van der Waals surface area (Å²) < 4.78 is 13.1. The number of fused-ring (bicyclic) bond motifs is 1. The Morgan fingerprint density at radius 3 is 2.45 bits per heavy atom. The van der Waals surface area contributed by atoms with Crippen molar-refractivity contribution in [1.82, 2.24) is 5.32 Å². The van der Waals surface area contributed by atoms with Crippen LogP contribution in [-0.2, 0) is 0 Å². The second kappa shape index (κ2) is 5.76. The van der Waals surface area contributed by atoms with Crippen molar-refractivity contribution in [2.75, 3.05) is 13.6 Å². The van der Waals surface area contributed by atoms with Crippen molar-refractivity contribution >= 4 is 0 Å². The van der Waals surface area contributed by atoms with Crippen LogP contribution in [0.25, 0.3) is 0 Å². The van der Waals surface area contributed by atoms with Crippen molar-refractivity contribution in [2.24, 2.45) is 0 Å².